The quantitative estimate of drug-likeness (QED) is 0.706. The average molecular weight is 204 g/mol. The van der Waals surface area contributed by atoms with Gasteiger partial charge in [0.2, 0.25) is 0 Å². The molecule has 0 fully saturated rings. The molecule has 0 saturated carbocycles. The van der Waals surface area contributed by atoms with E-state index in [1.54, 1.807) is 0 Å². The van der Waals surface area contributed by atoms with E-state index < -0.39 is 5.43 Å². The Hall–Kier alpha value is -1.03. The summed E-state index contributed by atoms with van der Waals surface area (Å²) in [6, 6.07) is 0. The third-order valence-electron chi connectivity index (χ3n) is 1.56. The van der Waals surface area contributed by atoms with Gasteiger partial charge in [-0.25, -0.2) is 4.79 Å². The lowest BCUT2D eigenvalue weighted by Gasteiger charge is -1.97. The fraction of sp³-hybridized carbons (Fsp3) is 0.500. The summed E-state index contributed by atoms with van der Waals surface area (Å²) in [7, 11) is 0. The van der Waals surface area contributed by atoms with Gasteiger partial charge in [0.25, 0.3) is 0 Å². The lowest BCUT2D eigenvalue weighted by Crippen LogP contribution is -1.97. The fourth-order valence-corrected chi connectivity index (χ4v) is 1.01. The van der Waals surface area contributed by atoms with Gasteiger partial charge in [-0.15, -0.1) is 0 Å². The number of hydrogen-bond donors (Lipinski definition) is 0. The molecule has 0 aliphatic rings. The third kappa shape index (κ3) is 3.06. The molecule has 1 aromatic rings. The van der Waals surface area contributed by atoms with Gasteiger partial charge in [0.15, 0.2) is 11.5 Å². The first-order valence-corrected chi connectivity index (χ1v) is 4.42. The van der Waals surface area contributed by atoms with Crippen molar-refractivity contribution in [3.63, 3.8) is 0 Å². The topological polar surface area (TPSA) is 52.3 Å². The SMILES string of the molecule is CCCCc1oncc1OC(=O)Cl. The number of rotatable bonds is 4. The van der Waals surface area contributed by atoms with Crippen molar-refractivity contribution < 1.29 is 14.1 Å². The first-order valence-electron chi connectivity index (χ1n) is 4.05. The molecule has 0 aliphatic carbocycles. The minimum absolute atomic E-state index is 0.313. The van der Waals surface area contributed by atoms with Gasteiger partial charge in [-0.1, -0.05) is 18.5 Å². The summed E-state index contributed by atoms with van der Waals surface area (Å²) in [4.78, 5) is 10.4. The molecule has 0 unspecified atom stereocenters. The maximum atomic E-state index is 10.4. The largest absolute Gasteiger partial charge is 0.409 e. The van der Waals surface area contributed by atoms with Crippen LogP contribution in [-0.4, -0.2) is 10.6 Å². The minimum Gasteiger partial charge on any atom is -0.409 e. The van der Waals surface area contributed by atoms with Crippen LogP contribution in [0.2, 0.25) is 0 Å². The van der Waals surface area contributed by atoms with Crippen LogP contribution in [0.3, 0.4) is 0 Å². The summed E-state index contributed by atoms with van der Waals surface area (Å²) >= 11 is 5.04. The highest BCUT2D eigenvalue weighted by Gasteiger charge is 2.11. The highest BCUT2D eigenvalue weighted by Crippen LogP contribution is 2.20. The molecule has 0 atom stereocenters. The number of aromatic nitrogens is 1. The Balaban J connectivity index is 2.60. The number of ether oxygens (including phenoxy) is 1. The normalized spacial score (nSPS) is 10.0. The monoisotopic (exact) mass is 203 g/mol. The van der Waals surface area contributed by atoms with E-state index in [0.717, 1.165) is 12.8 Å². The third-order valence-corrected chi connectivity index (χ3v) is 1.63. The van der Waals surface area contributed by atoms with E-state index in [1.807, 2.05) is 0 Å². The van der Waals surface area contributed by atoms with Crippen LogP contribution in [0, 0.1) is 0 Å². The predicted octanol–water partition coefficient (Wildman–Crippen LogP) is 2.75. The van der Waals surface area contributed by atoms with Gasteiger partial charge in [0, 0.05) is 18.0 Å². The zero-order valence-electron chi connectivity index (χ0n) is 7.25. The maximum absolute atomic E-state index is 10.4. The number of aryl methyl sites for hydroxylation is 1. The maximum Gasteiger partial charge on any atom is 0.409 e. The standard InChI is InChI=1S/C8H10ClNO3/c1-2-3-4-6-7(5-10-13-6)12-8(9)11/h5H,2-4H2,1H3. The average Bonchev–Trinajstić information content (AvgIpc) is 2.48. The Labute approximate surface area is 80.8 Å². The van der Waals surface area contributed by atoms with E-state index in [9.17, 15) is 4.79 Å². The van der Waals surface area contributed by atoms with E-state index in [-0.39, 0.29) is 0 Å². The van der Waals surface area contributed by atoms with Gasteiger partial charge in [0.1, 0.15) is 6.20 Å². The molecular weight excluding hydrogens is 194 g/mol. The van der Waals surface area contributed by atoms with Crippen molar-refractivity contribution in [1.82, 2.24) is 5.16 Å². The van der Waals surface area contributed by atoms with Crippen LogP contribution in [0.15, 0.2) is 10.7 Å². The van der Waals surface area contributed by atoms with Crippen molar-refractivity contribution in [3.8, 4) is 5.75 Å². The zero-order chi connectivity index (χ0) is 9.68. The summed E-state index contributed by atoms with van der Waals surface area (Å²) in [6.45, 7) is 2.06. The number of hydrogen-bond acceptors (Lipinski definition) is 4. The van der Waals surface area contributed by atoms with Crippen LogP contribution < -0.4 is 4.74 Å². The van der Waals surface area contributed by atoms with Crippen LogP contribution in [0.1, 0.15) is 25.5 Å². The second-order valence-corrected chi connectivity index (χ2v) is 2.87. The highest BCUT2D eigenvalue weighted by molar-refractivity contribution is 6.61. The molecule has 0 bridgehead atoms. The van der Waals surface area contributed by atoms with Crippen molar-refractivity contribution in [2.24, 2.45) is 0 Å². The van der Waals surface area contributed by atoms with E-state index in [4.69, 9.17) is 16.1 Å². The van der Waals surface area contributed by atoms with Crippen molar-refractivity contribution in [2.45, 2.75) is 26.2 Å². The van der Waals surface area contributed by atoms with Gasteiger partial charge in [-0.05, 0) is 6.42 Å². The summed E-state index contributed by atoms with van der Waals surface area (Å²) in [5, 5.41) is 3.52. The second kappa shape index (κ2) is 4.87. The molecule has 1 rings (SSSR count). The van der Waals surface area contributed by atoms with Gasteiger partial charge < -0.3 is 9.26 Å². The van der Waals surface area contributed by atoms with Crippen LogP contribution in [-0.2, 0) is 6.42 Å². The molecule has 0 amide bonds. The molecule has 4 nitrogen and oxygen atoms in total. The molecule has 13 heavy (non-hydrogen) atoms. The molecule has 0 aliphatic heterocycles. The first kappa shape index (κ1) is 10.1. The molecule has 1 aromatic heterocycles. The summed E-state index contributed by atoms with van der Waals surface area (Å²) in [5.41, 5.74) is -0.874. The lowest BCUT2D eigenvalue weighted by molar-refractivity contribution is 0.224. The molecule has 5 heteroatoms. The Bertz CT molecular complexity index is 285. The van der Waals surface area contributed by atoms with Crippen molar-refractivity contribution in [1.29, 1.82) is 0 Å². The van der Waals surface area contributed by atoms with E-state index in [2.05, 4.69) is 16.8 Å². The zero-order valence-corrected chi connectivity index (χ0v) is 8.00. The minimum atomic E-state index is -0.874. The molecule has 0 radical (unpaired) electrons. The molecular formula is C8H10ClNO3. The Kier molecular flexibility index (Phi) is 3.76. The number of carbonyl (C=O) groups is 1. The van der Waals surface area contributed by atoms with Gasteiger partial charge in [-0.3, -0.25) is 0 Å². The van der Waals surface area contributed by atoms with E-state index >= 15 is 0 Å². The molecule has 0 aromatic carbocycles. The number of halogens is 1. The Morgan fingerprint density at radius 1 is 1.77 bits per heavy atom. The van der Waals surface area contributed by atoms with Crippen LogP contribution in [0.4, 0.5) is 4.79 Å². The predicted molar refractivity (Wildman–Crippen MR) is 47.0 cm³/mol. The van der Waals surface area contributed by atoms with Gasteiger partial charge in [0.05, 0.1) is 0 Å². The van der Waals surface area contributed by atoms with Crippen LogP contribution >= 0.6 is 11.6 Å². The molecule has 0 spiro atoms. The molecule has 0 saturated heterocycles. The van der Waals surface area contributed by atoms with E-state index in [1.165, 1.54) is 6.20 Å². The molecule has 1 heterocycles. The highest BCUT2D eigenvalue weighted by atomic mass is 35.5. The summed E-state index contributed by atoms with van der Waals surface area (Å²) in [6.07, 6.45) is 4.04. The van der Waals surface area contributed by atoms with Crippen molar-refractivity contribution in [2.75, 3.05) is 0 Å². The molecule has 72 valence electrons. The Morgan fingerprint density at radius 2 is 2.54 bits per heavy atom. The smallest absolute Gasteiger partial charge is 0.409 e. The van der Waals surface area contributed by atoms with Crippen molar-refractivity contribution >= 4 is 17.0 Å². The van der Waals surface area contributed by atoms with Crippen LogP contribution in [0.5, 0.6) is 5.75 Å². The fourth-order valence-electron chi connectivity index (χ4n) is 0.931. The molecule has 0 N–H and O–H groups in total. The van der Waals surface area contributed by atoms with Crippen LogP contribution in [0.25, 0.3) is 0 Å². The number of carbonyl (C=O) groups excluding carboxylic acids is 1. The van der Waals surface area contributed by atoms with Gasteiger partial charge in [-0.2, -0.15) is 0 Å². The van der Waals surface area contributed by atoms with Gasteiger partial charge >= 0.3 is 5.43 Å². The number of unbranched alkanes of at least 4 members (excludes halogenated alkanes) is 1. The first-order chi connectivity index (χ1) is 6.24. The summed E-state index contributed by atoms with van der Waals surface area (Å²) in [5.74, 6) is 0.879. The lowest BCUT2D eigenvalue weighted by atomic mass is 10.2. The Morgan fingerprint density at radius 3 is 3.15 bits per heavy atom. The second-order valence-electron chi connectivity index (χ2n) is 2.56. The summed E-state index contributed by atoms with van der Waals surface area (Å²) < 4.78 is 9.53. The van der Waals surface area contributed by atoms with Crippen molar-refractivity contribution in [3.05, 3.63) is 12.0 Å². The number of nitrogens with zero attached hydrogens (tertiary/aromatic N) is 1. The van der Waals surface area contributed by atoms with E-state index in [0.29, 0.717) is 17.9 Å².